The molecule has 0 aliphatic carbocycles. The number of halogens is 1. The summed E-state index contributed by atoms with van der Waals surface area (Å²) < 4.78 is 3.64. The zero-order chi connectivity index (χ0) is 25.4. The maximum Gasteiger partial charge on any atom is 0.251 e. The SMILES string of the molecule is CN[C@](c1ccc(Cl)cc1)(c1ccc2c(c1)c(-c1cccc(C#N)c1)cc(=O)n2C)c1cncn1C. The highest BCUT2D eigenvalue weighted by molar-refractivity contribution is 6.30. The summed E-state index contributed by atoms with van der Waals surface area (Å²) in [5.41, 5.74) is 4.99. The lowest BCUT2D eigenvalue weighted by molar-refractivity contribution is 0.493. The Morgan fingerprint density at radius 1 is 1.00 bits per heavy atom. The number of pyridine rings is 1. The molecule has 1 atom stereocenters. The Labute approximate surface area is 214 Å². The molecule has 0 unspecified atom stereocenters. The van der Waals surface area contributed by atoms with Crippen molar-refractivity contribution in [1.82, 2.24) is 19.4 Å². The fraction of sp³-hybridized carbons (Fsp3) is 0.138. The topological polar surface area (TPSA) is 75.6 Å². The molecule has 178 valence electrons. The van der Waals surface area contributed by atoms with Crippen LogP contribution in [0.5, 0.6) is 0 Å². The first-order valence-corrected chi connectivity index (χ1v) is 11.8. The van der Waals surface area contributed by atoms with E-state index in [0.717, 1.165) is 38.9 Å². The molecule has 36 heavy (non-hydrogen) atoms. The lowest BCUT2D eigenvalue weighted by Gasteiger charge is -2.35. The summed E-state index contributed by atoms with van der Waals surface area (Å²) in [5, 5.41) is 14.6. The number of hydrogen-bond acceptors (Lipinski definition) is 4. The number of benzene rings is 3. The lowest BCUT2D eigenvalue weighted by Crippen LogP contribution is -2.43. The molecule has 0 aliphatic heterocycles. The second-order valence-corrected chi connectivity index (χ2v) is 9.21. The molecule has 5 rings (SSSR count). The number of rotatable bonds is 5. The Kier molecular flexibility index (Phi) is 5.97. The van der Waals surface area contributed by atoms with Gasteiger partial charge in [0.1, 0.15) is 5.54 Å². The van der Waals surface area contributed by atoms with Crippen LogP contribution in [-0.2, 0) is 19.6 Å². The van der Waals surface area contributed by atoms with E-state index in [1.165, 1.54) is 0 Å². The Hall–Kier alpha value is -4.18. The van der Waals surface area contributed by atoms with Crippen molar-refractivity contribution in [1.29, 1.82) is 5.26 Å². The predicted octanol–water partition coefficient (Wildman–Crippen LogP) is 4.98. The van der Waals surface area contributed by atoms with Gasteiger partial charge in [0.25, 0.3) is 5.56 Å². The van der Waals surface area contributed by atoms with Crippen LogP contribution in [0.15, 0.2) is 90.1 Å². The molecular formula is C29H24ClN5O. The third-order valence-electron chi connectivity index (χ3n) is 6.84. The fourth-order valence-electron chi connectivity index (χ4n) is 4.99. The van der Waals surface area contributed by atoms with Gasteiger partial charge in [-0.1, -0.05) is 41.9 Å². The number of nitrogens with zero attached hydrogens (tertiary/aromatic N) is 4. The Balaban J connectivity index is 1.87. The molecule has 2 heterocycles. The Morgan fingerprint density at radius 2 is 1.75 bits per heavy atom. The van der Waals surface area contributed by atoms with Crippen molar-refractivity contribution in [2.45, 2.75) is 5.54 Å². The van der Waals surface area contributed by atoms with Crippen LogP contribution < -0.4 is 10.9 Å². The molecule has 3 aromatic carbocycles. The quantitative estimate of drug-likeness (QED) is 0.375. The molecule has 1 N–H and O–H groups in total. The number of aryl methyl sites for hydroxylation is 2. The third-order valence-corrected chi connectivity index (χ3v) is 7.09. The molecule has 0 fully saturated rings. The van der Waals surface area contributed by atoms with Gasteiger partial charge < -0.3 is 14.5 Å². The molecule has 0 saturated heterocycles. The van der Waals surface area contributed by atoms with Crippen LogP contribution >= 0.6 is 11.6 Å². The minimum Gasteiger partial charge on any atom is -0.335 e. The van der Waals surface area contributed by atoms with E-state index in [4.69, 9.17) is 11.6 Å². The van der Waals surface area contributed by atoms with Crippen molar-refractivity contribution < 1.29 is 0 Å². The van der Waals surface area contributed by atoms with Crippen molar-refractivity contribution >= 4 is 22.5 Å². The van der Waals surface area contributed by atoms with E-state index in [-0.39, 0.29) is 5.56 Å². The van der Waals surface area contributed by atoms with Crippen LogP contribution in [0.4, 0.5) is 0 Å². The summed E-state index contributed by atoms with van der Waals surface area (Å²) in [4.78, 5) is 17.3. The lowest BCUT2D eigenvalue weighted by atomic mass is 9.79. The second kappa shape index (κ2) is 9.12. The first-order chi connectivity index (χ1) is 17.4. The molecule has 0 bridgehead atoms. The highest BCUT2D eigenvalue weighted by Gasteiger charge is 2.37. The summed E-state index contributed by atoms with van der Waals surface area (Å²) in [6, 6.07) is 25.1. The average molecular weight is 494 g/mol. The van der Waals surface area contributed by atoms with Gasteiger partial charge in [-0.05, 0) is 65.7 Å². The molecule has 0 spiro atoms. The number of nitriles is 1. The number of fused-ring (bicyclic) bond motifs is 1. The van der Waals surface area contributed by atoms with Crippen LogP contribution in [0.25, 0.3) is 22.0 Å². The van der Waals surface area contributed by atoms with Gasteiger partial charge in [-0.15, -0.1) is 0 Å². The fourth-order valence-corrected chi connectivity index (χ4v) is 5.11. The van der Waals surface area contributed by atoms with Gasteiger partial charge in [0.05, 0.1) is 35.4 Å². The summed E-state index contributed by atoms with van der Waals surface area (Å²) >= 11 is 6.24. The maximum atomic E-state index is 12.9. The van der Waals surface area contributed by atoms with Crippen molar-refractivity contribution in [2.24, 2.45) is 14.1 Å². The summed E-state index contributed by atoms with van der Waals surface area (Å²) in [7, 11) is 5.66. The minimum absolute atomic E-state index is 0.114. The van der Waals surface area contributed by atoms with Crippen molar-refractivity contribution in [3.8, 4) is 17.2 Å². The van der Waals surface area contributed by atoms with Crippen LogP contribution in [0.1, 0.15) is 22.4 Å². The van der Waals surface area contributed by atoms with Crippen molar-refractivity contribution in [3.05, 3.63) is 123 Å². The first kappa shape index (κ1) is 23.6. The Morgan fingerprint density at radius 3 is 2.42 bits per heavy atom. The molecule has 2 aromatic heterocycles. The van der Waals surface area contributed by atoms with E-state index in [1.807, 2.05) is 79.5 Å². The van der Waals surface area contributed by atoms with E-state index in [9.17, 15) is 10.1 Å². The van der Waals surface area contributed by atoms with Crippen LogP contribution in [-0.4, -0.2) is 21.2 Å². The van der Waals surface area contributed by atoms with E-state index in [1.54, 1.807) is 30.1 Å². The minimum atomic E-state index is -0.746. The van der Waals surface area contributed by atoms with Gasteiger partial charge in [0.15, 0.2) is 0 Å². The largest absolute Gasteiger partial charge is 0.335 e. The molecule has 5 aromatic rings. The van der Waals surface area contributed by atoms with E-state index in [0.29, 0.717) is 10.6 Å². The van der Waals surface area contributed by atoms with Gasteiger partial charge in [-0.3, -0.25) is 4.79 Å². The average Bonchev–Trinajstić information content (AvgIpc) is 3.34. The second-order valence-electron chi connectivity index (χ2n) is 8.78. The van der Waals surface area contributed by atoms with Crippen molar-refractivity contribution in [3.63, 3.8) is 0 Å². The van der Waals surface area contributed by atoms with E-state index in [2.05, 4.69) is 22.4 Å². The van der Waals surface area contributed by atoms with E-state index < -0.39 is 5.54 Å². The molecule has 0 radical (unpaired) electrons. The molecule has 6 nitrogen and oxygen atoms in total. The molecular weight excluding hydrogens is 470 g/mol. The maximum absolute atomic E-state index is 12.9. The first-order valence-electron chi connectivity index (χ1n) is 11.5. The van der Waals surface area contributed by atoms with Gasteiger partial charge in [-0.2, -0.15) is 5.26 Å². The van der Waals surface area contributed by atoms with Crippen molar-refractivity contribution in [2.75, 3.05) is 7.05 Å². The number of hydrogen-bond donors (Lipinski definition) is 1. The van der Waals surface area contributed by atoms with Gasteiger partial charge in [0.2, 0.25) is 0 Å². The highest BCUT2D eigenvalue weighted by Crippen LogP contribution is 2.39. The summed E-state index contributed by atoms with van der Waals surface area (Å²) in [6.07, 6.45) is 3.63. The monoisotopic (exact) mass is 493 g/mol. The molecule has 0 aliphatic rings. The van der Waals surface area contributed by atoms with E-state index >= 15 is 0 Å². The number of nitrogens with one attached hydrogen (secondary N) is 1. The third kappa shape index (κ3) is 3.70. The van der Waals surface area contributed by atoms with Gasteiger partial charge in [0, 0.05) is 30.6 Å². The zero-order valence-electron chi connectivity index (χ0n) is 20.2. The van der Waals surface area contributed by atoms with Crippen LogP contribution in [0, 0.1) is 11.3 Å². The standard InChI is InChI=1S/C29H24ClN5O/c1-32-29(27-17-33-18-34(27)2,21-7-10-23(30)11-8-21)22-9-12-26-25(14-22)24(15-28(36)35(26)3)20-6-4-5-19(13-20)16-31/h4-15,17-18,32H,1-3H3/t29-/m1/s1. The smallest absolute Gasteiger partial charge is 0.251 e. The molecule has 0 saturated carbocycles. The van der Waals surface area contributed by atoms with Crippen LogP contribution in [0.2, 0.25) is 5.02 Å². The number of aromatic nitrogens is 3. The summed E-state index contributed by atoms with van der Waals surface area (Å²) in [5.74, 6) is 0. The van der Waals surface area contributed by atoms with Gasteiger partial charge in [-0.25, -0.2) is 4.98 Å². The molecule has 7 heteroatoms. The van der Waals surface area contributed by atoms with Gasteiger partial charge >= 0.3 is 0 Å². The zero-order valence-corrected chi connectivity index (χ0v) is 20.9. The molecule has 0 amide bonds. The Bertz CT molecular complexity index is 1690. The highest BCUT2D eigenvalue weighted by atomic mass is 35.5. The summed E-state index contributed by atoms with van der Waals surface area (Å²) in [6.45, 7) is 0. The predicted molar refractivity (Wildman–Crippen MR) is 143 cm³/mol. The van der Waals surface area contributed by atoms with Crippen LogP contribution in [0.3, 0.4) is 0 Å². The normalized spacial score (nSPS) is 12.9. The number of imidazole rings is 1.